The molecule has 0 bridgehead atoms. The van der Waals surface area contributed by atoms with E-state index in [1.54, 1.807) is 0 Å². The zero-order valence-corrected chi connectivity index (χ0v) is 20.7. The maximum absolute atomic E-state index is 11.3. The molecule has 0 aliphatic heterocycles. The molecule has 0 saturated heterocycles. The van der Waals surface area contributed by atoms with E-state index in [4.69, 9.17) is 4.18 Å². The second kappa shape index (κ2) is 16.8. The first kappa shape index (κ1) is 27.2. The van der Waals surface area contributed by atoms with E-state index >= 15 is 0 Å². The van der Waals surface area contributed by atoms with E-state index in [1.165, 1.54) is 82.6 Å². The highest BCUT2D eigenvalue weighted by molar-refractivity contribution is 7.74. The molecule has 3 nitrogen and oxygen atoms in total. The zero-order chi connectivity index (χ0) is 22.2. The van der Waals surface area contributed by atoms with Gasteiger partial charge in [0.15, 0.2) is 0 Å². The standard InChI is InChI=1S/C26H46O3S/c1-5-7-9-11-13-15-17-22(3)24-19-20-25(26(21-24)29-30(27)28)23(4)18-16-14-12-10-8-6-2/h19-23H,5-18H2,1-4H3,(H,27,28)/p-1. The van der Waals surface area contributed by atoms with Crippen LogP contribution in [0.5, 0.6) is 5.75 Å². The summed E-state index contributed by atoms with van der Waals surface area (Å²) in [6.07, 6.45) is 17.6. The van der Waals surface area contributed by atoms with Crippen LogP contribution in [-0.2, 0) is 11.4 Å². The molecule has 1 aromatic carbocycles. The third kappa shape index (κ3) is 11.5. The first-order chi connectivity index (χ1) is 14.5. The SMILES string of the molecule is CCCCCCCCC(C)c1ccc(C(C)CCCCCCCC)c(OS(=O)[O-])c1. The van der Waals surface area contributed by atoms with Crippen LogP contribution in [0.4, 0.5) is 0 Å². The summed E-state index contributed by atoms with van der Waals surface area (Å²) < 4.78 is 27.7. The normalized spacial score (nSPS) is 14.4. The lowest BCUT2D eigenvalue weighted by Crippen LogP contribution is -2.05. The fourth-order valence-corrected chi connectivity index (χ4v) is 4.48. The molecule has 0 amide bonds. The fourth-order valence-electron chi connectivity index (χ4n) is 4.19. The molecule has 0 spiro atoms. The third-order valence-corrected chi connectivity index (χ3v) is 6.59. The van der Waals surface area contributed by atoms with Crippen molar-refractivity contribution in [1.29, 1.82) is 0 Å². The van der Waals surface area contributed by atoms with Crippen LogP contribution in [0.1, 0.15) is 141 Å². The van der Waals surface area contributed by atoms with Crippen LogP contribution in [0.15, 0.2) is 18.2 Å². The Kier molecular flexibility index (Phi) is 15.2. The van der Waals surface area contributed by atoms with Crippen LogP contribution in [0.25, 0.3) is 0 Å². The summed E-state index contributed by atoms with van der Waals surface area (Å²) in [7, 11) is 0. The lowest BCUT2D eigenvalue weighted by atomic mass is 9.89. The van der Waals surface area contributed by atoms with Gasteiger partial charge in [0.05, 0.1) is 0 Å². The third-order valence-electron chi connectivity index (χ3n) is 6.28. The van der Waals surface area contributed by atoms with Crippen molar-refractivity contribution in [3.8, 4) is 5.75 Å². The van der Waals surface area contributed by atoms with Gasteiger partial charge in [0, 0.05) is 0 Å². The number of unbranched alkanes of at least 4 members (excludes halogenated alkanes) is 10. The molecule has 1 aromatic rings. The summed E-state index contributed by atoms with van der Waals surface area (Å²) in [6, 6.07) is 6.23. The number of rotatable bonds is 18. The largest absolute Gasteiger partial charge is 0.740 e. The van der Waals surface area contributed by atoms with Gasteiger partial charge in [0.2, 0.25) is 0 Å². The molecule has 3 unspecified atom stereocenters. The predicted molar refractivity (Wildman–Crippen MR) is 129 cm³/mol. The molecular formula is C26H45O3S-. The maximum Gasteiger partial charge on any atom is 0.142 e. The van der Waals surface area contributed by atoms with Gasteiger partial charge in [-0.1, -0.05) is 117 Å². The van der Waals surface area contributed by atoms with Gasteiger partial charge in [-0.3, -0.25) is 0 Å². The molecule has 0 fully saturated rings. The second-order valence-corrected chi connectivity index (χ2v) is 9.57. The van der Waals surface area contributed by atoms with Crippen molar-refractivity contribution >= 4 is 11.4 Å². The predicted octanol–water partition coefficient (Wildman–Crippen LogP) is 8.57. The molecule has 0 aromatic heterocycles. The van der Waals surface area contributed by atoms with Crippen LogP contribution in [0.2, 0.25) is 0 Å². The van der Waals surface area contributed by atoms with Crippen LogP contribution in [0.3, 0.4) is 0 Å². The molecular weight excluding hydrogens is 392 g/mol. The Hall–Kier alpha value is -0.870. The average molecular weight is 438 g/mol. The highest BCUT2D eigenvalue weighted by atomic mass is 32.2. The molecule has 0 aliphatic carbocycles. The topological polar surface area (TPSA) is 49.4 Å². The minimum Gasteiger partial charge on any atom is -0.740 e. The molecule has 1 rings (SSSR count). The molecule has 174 valence electrons. The summed E-state index contributed by atoms with van der Waals surface area (Å²) >= 11 is -2.54. The summed E-state index contributed by atoms with van der Waals surface area (Å²) in [5.41, 5.74) is 2.20. The maximum atomic E-state index is 11.3. The number of benzene rings is 1. The Morgan fingerprint density at radius 1 is 0.800 bits per heavy atom. The minimum atomic E-state index is -2.54. The monoisotopic (exact) mass is 437 g/mol. The van der Waals surface area contributed by atoms with Gasteiger partial charge in [-0.2, -0.15) is 0 Å². The van der Waals surface area contributed by atoms with Crippen LogP contribution >= 0.6 is 0 Å². The van der Waals surface area contributed by atoms with Crippen LogP contribution in [-0.4, -0.2) is 8.76 Å². The van der Waals surface area contributed by atoms with Gasteiger partial charge in [-0.05, 0) is 41.9 Å². The fraction of sp³-hybridized carbons (Fsp3) is 0.769. The van der Waals surface area contributed by atoms with Gasteiger partial charge < -0.3 is 8.74 Å². The molecule has 3 atom stereocenters. The zero-order valence-electron chi connectivity index (χ0n) is 19.9. The van der Waals surface area contributed by atoms with Crippen molar-refractivity contribution in [2.24, 2.45) is 0 Å². The summed E-state index contributed by atoms with van der Waals surface area (Å²) in [4.78, 5) is 0. The first-order valence-corrected chi connectivity index (χ1v) is 13.4. The lowest BCUT2D eigenvalue weighted by Gasteiger charge is -2.20. The number of hydrogen-bond acceptors (Lipinski definition) is 3. The molecule has 0 radical (unpaired) electrons. The Labute approximate surface area is 188 Å². The minimum absolute atomic E-state index is 0.303. The van der Waals surface area contributed by atoms with Gasteiger partial charge in [0.1, 0.15) is 17.1 Å². The van der Waals surface area contributed by atoms with E-state index in [0.717, 1.165) is 18.4 Å². The summed E-state index contributed by atoms with van der Waals surface area (Å²) in [5, 5.41) is 0. The van der Waals surface area contributed by atoms with E-state index in [1.807, 2.05) is 6.07 Å². The molecule has 30 heavy (non-hydrogen) atoms. The molecule has 4 heteroatoms. The van der Waals surface area contributed by atoms with Crippen molar-refractivity contribution < 1.29 is 12.9 Å². The average Bonchev–Trinajstić information content (AvgIpc) is 2.72. The van der Waals surface area contributed by atoms with Crippen LogP contribution in [0, 0.1) is 0 Å². The summed E-state index contributed by atoms with van der Waals surface area (Å²) in [6.45, 7) is 8.90. The molecule has 0 saturated carbocycles. The highest BCUT2D eigenvalue weighted by Gasteiger charge is 2.15. The first-order valence-electron chi connectivity index (χ1n) is 12.4. The highest BCUT2D eigenvalue weighted by Crippen LogP contribution is 2.34. The quantitative estimate of drug-likeness (QED) is 0.171. The number of hydrogen-bond donors (Lipinski definition) is 0. The van der Waals surface area contributed by atoms with Crippen molar-refractivity contribution in [3.05, 3.63) is 29.3 Å². The van der Waals surface area contributed by atoms with E-state index in [-0.39, 0.29) is 0 Å². The molecule has 0 N–H and O–H groups in total. The van der Waals surface area contributed by atoms with E-state index in [0.29, 0.717) is 17.6 Å². The second-order valence-electron chi connectivity index (χ2n) is 9.00. The van der Waals surface area contributed by atoms with E-state index in [2.05, 4.69) is 39.8 Å². The van der Waals surface area contributed by atoms with Crippen LogP contribution < -0.4 is 4.18 Å². The van der Waals surface area contributed by atoms with E-state index in [9.17, 15) is 8.76 Å². The van der Waals surface area contributed by atoms with Crippen molar-refractivity contribution in [2.75, 3.05) is 0 Å². The molecule has 0 heterocycles. The van der Waals surface area contributed by atoms with Gasteiger partial charge in [0.25, 0.3) is 0 Å². The van der Waals surface area contributed by atoms with Crippen molar-refractivity contribution in [1.82, 2.24) is 0 Å². The van der Waals surface area contributed by atoms with Gasteiger partial charge in [-0.25, -0.2) is 4.21 Å². The Morgan fingerprint density at radius 2 is 1.30 bits per heavy atom. The Morgan fingerprint density at radius 3 is 1.83 bits per heavy atom. The van der Waals surface area contributed by atoms with Crippen molar-refractivity contribution in [2.45, 2.75) is 129 Å². The summed E-state index contributed by atoms with van der Waals surface area (Å²) in [5.74, 6) is 1.24. The Bertz CT molecular complexity index is 588. The van der Waals surface area contributed by atoms with Gasteiger partial charge in [-0.15, -0.1) is 0 Å². The van der Waals surface area contributed by atoms with Crippen molar-refractivity contribution in [3.63, 3.8) is 0 Å². The lowest BCUT2D eigenvalue weighted by molar-refractivity contribution is 0.434. The molecule has 0 aliphatic rings. The van der Waals surface area contributed by atoms with E-state index < -0.39 is 11.4 Å². The van der Waals surface area contributed by atoms with Gasteiger partial charge >= 0.3 is 0 Å². The smallest absolute Gasteiger partial charge is 0.142 e. The Balaban J connectivity index is 2.62.